The lowest BCUT2D eigenvalue weighted by molar-refractivity contribution is 0.0678. The first kappa shape index (κ1) is 15.9. The molecule has 0 unspecified atom stereocenters. The lowest BCUT2D eigenvalue weighted by atomic mass is 9.99. The molecule has 0 radical (unpaired) electrons. The van der Waals surface area contributed by atoms with E-state index in [1.807, 2.05) is 43.3 Å². The van der Waals surface area contributed by atoms with Crippen LogP contribution in [0.5, 0.6) is 11.5 Å². The van der Waals surface area contributed by atoms with Gasteiger partial charge in [-0.3, -0.25) is 9.69 Å². The second-order valence-electron chi connectivity index (χ2n) is 6.83. The number of carbonyl (C=O) groups excluding carboxylic acids is 1. The van der Waals surface area contributed by atoms with Gasteiger partial charge >= 0.3 is 0 Å². The van der Waals surface area contributed by atoms with E-state index in [0.717, 1.165) is 29.0 Å². The molecular weight excluding hydrogens is 314 g/mol. The van der Waals surface area contributed by atoms with Crippen LogP contribution in [0.15, 0.2) is 42.2 Å². The number of benzene rings is 2. The summed E-state index contributed by atoms with van der Waals surface area (Å²) in [6.45, 7) is 7.59. The Morgan fingerprint density at radius 1 is 1.16 bits per heavy atom. The van der Waals surface area contributed by atoms with Gasteiger partial charge in [0.15, 0.2) is 5.76 Å². The normalized spacial score (nSPS) is 18.1. The molecule has 0 saturated heterocycles. The summed E-state index contributed by atoms with van der Waals surface area (Å²) in [5.74, 6) is 1.78. The number of carbonyl (C=O) groups is 1. The molecule has 2 aliphatic rings. The fourth-order valence-corrected chi connectivity index (χ4v) is 3.30. The van der Waals surface area contributed by atoms with Gasteiger partial charge in [-0.05, 0) is 38.5 Å². The van der Waals surface area contributed by atoms with Gasteiger partial charge in [-0.1, -0.05) is 30.3 Å². The Balaban J connectivity index is 1.73. The third kappa shape index (κ3) is 2.72. The lowest BCUT2D eigenvalue weighted by Gasteiger charge is -2.32. The highest BCUT2D eigenvalue weighted by Crippen LogP contribution is 2.43. The minimum Gasteiger partial charge on any atom is -0.477 e. The van der Waals surface area contributed by atoms with Crippen molar-refractivity contribution in [1.82, 2.24) is 4.90 Å². The van der Waals surface area contributed by atoms with Crippen molar-refractivity contribution in [2.45, 2.75) is 33.4 Å². The van der Waals surface area contributed by atoms with Crippen LogP contribution in [-0.2, 0) is 6.54 Å². The van der Waals surface area contributed by atoms with Crippen molar-refractivity contribution < 1.29 is 14.3 Å². The average molecular weight is 335 g/mol. The maximum Gasteiger partial charge on any atom is 0.231 e. The molecule has 4 rings (SSSR count). The fraction of sp³-hybridized carbons (Fsp3) is 0.286. The Morgan fingerprint density at radius 2 is 1.92 bits per heavy atom. The van der Waals surface area contributed by atoms with Crippen LogP contribution in [0.4, 0.5) is 0 Å². The Kier molecular flexibility index (Phi) is 3.85. The molecule has 0 amide bonds. The molecule has 2 aliphatic heterocycles. The molecule has 0 fully saturated rings. The molecule has 2 aromatic rings. The van der Waals surface area contributed by atoms with E-state index in [0.29, 0.717) is 29.8 Å². The molecule has 0 N–H and O–H groups in total. The molecule has 0 spiro atoms. The Morgan fingerprint density at radius 3 is 2.64 bits per heavy atom. The Bertz CT molecular complexity index is 868. The number of Topliss-reactive ketones (excluding diaryl/α,β-unsaturated/α-hetero) is 1. The van der Waals surface area contributed by atoms with Crippen molar-refractivity contribution in [3.8, 4) is 11.5 Å². The van der Waals surface area contributed by atoms with Crippen molar-refractivity contribution in [2.24, 2.45) is 0 Å². The van der Waals surface area contributed by atoms with E-state index in [4.69, 9.17) is 9.47 Å². The summed E-state index contributed by atoms with van der Waals surface area (Å²) in [5.41, 5.74) is 3.53. The number of fused-ring (bicyclic) bond motifs is 2. The van der Waals surface area contributed by atoms with E-state index < -0.39 is 0 Å². The highest BCUT2D eigenvalue weighted by atomic mass is 16.5. The summed E-state index contributed by atoms with van der Waals surface area (Å²) in [7, 11) is 0. The second-order valence-corrected chi connectivity index (χ2v) is 6.83. The fourth-order valence-electron chi connectivity index (χ4n) is 3.30. The molecule has 25 heavy (non-hydrogen) atoms. The Hall–Kier alpha value is -2.59. The van der Waals surface area contributed by atoms with Crippen molar-refractivity contribution in [1.29, 1.82) is 0 Å². The highest BCUT2D eigenvalue weighted by Gasteiger charge is 2.33. The zero-order valence-corrected chi connectivity index (χ0v) is 14.7. The average Bonchev–Trinajstić information content (AvgIpc) is 2.92. The molecule has 0 aliphatic carbocycles. The van der Waals surface area contributed by atoms with Crippen LogP contribution in [0.2, 0.25) is 0 Å². The molecule has 2 aromatic carbocycles. The topological polar surface area (TPSA) is 38.8 Å². The van der Waals surface area contributed by atoms with Gasteiger partial charge in [0.2, 0.25) is 5.78 Å². The van der Waals surface area contributed by atoms with Gasteiger partial charge in [-0.2, -0.15) is 0 Å². The van der Waals surface area contributed by atoms with Crippen LogP contribution in [0.1, 0.15) is 40.9 Å². The van der Waals surface area contributed by atoms with E-state index in [9.17, 15) is 4.79 Å². The number of nitrogens with zero attached hydrogens (tertiary/aromatic N) is 1. The van der Waals surface area contributed by atoms with E-state index in [1.54, 1.807) is 6.08 Å². The maximum atomic E-state index is 12.8. The predicted molar refractivity (Wildman–Crippen MR) is 96.7 cm³/mol. The first-order chi connectivity index (χ1) is 12.0. The number of ketones is 1. The molecule has 0 bridgehead atoms. The second kappa shape index (κ2) is 6.05. The van der Waals surface area contributed by atoms with E-state index in [1.165, 1.54) is 0 Å². The smallest absolute Gasteiger partial charge is 0.231 e. The summed E-state index contributed by atoms with van der Waals surface area (Å²) in [5, 5.41) is 0. The lowest BCUT2D eigenvalue weighted by Crippen LogP contribution is -2.37. The monoisotopic (exact) mass is 335 g/mol. The molecular formula is C21H21NO3. The van der Waals surface area contributed by atoms with Gasteiger partial charge in [0.25, 0.3) is 0 Å². The molecule has 4 nitrogen and oxygen atoms in total. The Labute approximate surface area is 147 Å². The van der Waals surface area contributed by atoms with Gasteiger partial charge in [0, 0.05) is 23.7 Å². The molecule has 0 aromatic heterocycles. The van der Waals surface area contributed by atoms with Gasteiger partial charge in [-0.25, -0.2) is 0 Å². The van der Waals surface area contributed by atoms with Crippen molar-refractivity contribution in [3.05, 3.63) is 64.4 Å². The largest absolute Gasteiger partial charge is 0.477 e. The number of hydrogen-bond donors (Lipinski definition) is 0. The summed E-state index contributed by atoms with van der Waals surface area (Å²) in [4.78, 5) is 15.0. The minimum absolute atomic E-state index is 0.0635. The van der Waals surface area contributed by atoms with E-state index >= 15 is 0 Å². The van der Waals surface area contributed by atoms with E-state index in [-0.39, 0.29) is 5.78 Å². The summed E-state index contributed by atoms with van der Waals surface area (Å²) in [6, 6.07) is 12.1. The molecule has 0 atom stereocenters. The SMILES string of the molecule is Cc1c2c(cc3c1O/C(=C\c1ccccc1)C3=O)CN(C(C)C)CO2. The van der Waals surface area contributed by atoms with Gasteiger partial charge < -0.3 is 9.47 Å². The third-order valence-corrected chi connectivity index (χ3v) is 4.79. The first-order valence-corrected chi connectivity index (χ1v) is 8.57. The van der Waals surface area contributed by atoms with Crippen LogP contribution in [0.3, 0.4) is 0 Å². The zero-order valence-electron chi connectivity index (χ0n) is 14.7. The maximum absolute atomic E-state index is 12.8. The third-order valence-electron chi connectivity index (χ3n) is 4.79. The summed E-state index contributed by atoms with van der Waals surface area (Å²) < 4.78 is 11.9. The summed E-state index contributed by atoms with van der Waals surface area (Å²) >= 11 is 0. The molecule has 128 valence electrons. The quantitative estimate of drug-likeness (QED) is 0.772. The molecule has 4 heteroatoms. The van der Waals surface area contributed by atoms with Crippen LogP contribution >= 0.6 is 0 Å². The van der Waals surface area contributed by atoms with Crippen LogP contribution < -0.4 is 9.47 Å². The number of hydrogen-bond acceptors (Lipinski definition) is 4. The van der Waals surface area contributed by atoms with Crippen molar-refractivity contribution in [2.75, 3.05) is 6.73 Å². The highest BCUT2D eigenvalue weighted by molar-refractivity contribution is 6.15. The number of rotatable bonds is 2. The minimum atomic E-state index is -0.0635. The summed E-state index contributed by atoms with van der Waals surface area (Å²) in [6.07, 6.45) is 1.79. The van der Waals surface area contributed by atoms with Gasteiger partial charge in [-0.15, -0.1) is 0 Å². The van der Waals surface area contributed by atoms with E-state index in [2.05, 4.69) is 18.7 Å². The molecule has 0 saturated carbocycles. The number of ether oxygens (including phenoxy) is 2. The van der Waals surface area contributed by atoms with Crippen LogP contribution in [0, 0.1) is 6.92 Å². The molecule has 2 heterocycles. The van der Waals surface area contributed by atoms with Crippen LogP contribution in [-0.4, -0.2) is 23.5 Å². The first-order valence-electron chi connectivity index (χ1n) is 8.57. The predicted octanol–water partition coefficient (Wildman–Crippen LogP) is 4.17. The standard InChI is InChI=1S/C21H21NO3/c1-13(2)22-11-16-10-17-19(23)18(9-15-7-5-4-6-8-15)25-21(17)14(3)20(16)24-12-22/h4-10,13H,11-12H2,1-3H3/b18-9-. The number of allylic oxidation sites excluding steroid dienone is 1. The van der Waals surface area contributed by atoms with Gasteiger partial charge in [0.1, 0.15) is 18.2 Å². The van der Waals surface area contributed by atoms with Crippen molar-refractivity contribution in [3.63, 3.8) is 0 Å². The van der Waals surface area contributed by atoms with Gasteiger partial charge in [0.05, 0.1) is 5.56 Å². The van der Waals surface area contributed by atoms with Crippen molar-refractivity contribution >= 4 is 11.9 Å². The zero-order chi connectivity index (χ0) is 17.6. The van der Waals surface area contributed by atoms with Crippen LogP contribution in [0.25, 0.3) is 6.08 Å².